The first-order chi connectivity index (χ1) is 10.6. The molecule has 4 aliphatic rings. The maximum atomic E-state index is 9.31. The minimum absolute atomic E-state index is 0.278. The average Bonchev–Trinajstić information content (AvgIpc) is 2.86. The van der Waals surface area contributed by atoms with Crippen LogP contribution in [0.25, 0.3) is 0 Å². The van der Waals surface area contributed by atoms with Crippen LogP contribution in [-0.4, -0.2) is 23.3 Å². The van der Waals surface area contributed by atoms with Gasteiger partial charge >= 0.3 is 0 Å². The molecule has 0 aromatic heterocycles. The highest BCUT2D eigenvalue weighted by molar-refractivity contribution is 4.92. The average molecular weight is 310 g/mol. The van der Waals surface area contributed by atoms with Gasteiger partial charge in [0, 0.05) is 25.4 Å². The first kappa shape index (κ1) is 15.4. The smallest absolute Gasteiger partial charge is 0.204 e. The minimum atomic E-state index is -0.569. The lowest BCUT2D eigenvalue weighted by atomic mass is 9.66. The first-order valence-electron chi connectivity index (χ1n) is 9.29. The fourth-order valence-corrected chi connectivity index (χ4v) is 5.36. The second-order valence-electron chi connectivity index (χ2n) is 8.39. The van der Waals surface area contributed by atoms with Crippen LogP contribution in [0.2, 0.25) is 0 Å². The molecule has 0 radical (unpaired) electrons. The maximum absolute atomic E-state index is 9.31. The van der Waals surface area contributed by atoms with Crippen molar-refractivity contribution < 1.29 is 19.6 Å². The molecule has 22 heavy (non-hydrogen) atoms. The highest BCUT2D eigenvalue weighted by Gasteiger charge is 2.56. The predicted octanol–water partition coefficient (Wildman–Crippen LogP) is 3.78. The molecule has 2 bridgehead atoms. The molecular formula is C18H30O4. The Kier molecular flexibility index (Phi) is 4.00. The lowest BCUT2D eigenvalue weighted by molar-refractivity contribution is -0.362. The summed E-state index contributed by atoms with van der Waals surface area (Å²) in [7, 11) is 0. The minimum Gasteiger partial charge on any atom is -0.396 e. The third-order valence-corrected chi connectivity index (χ3v) is 6.74. The van der Waals surface area contributed by atoms with E-state index in [4.69, 9.17) is 14.5 Å². The molecule has 4 nitrogen and oxygen atoms in total. The molecule has 3 saturated carbocycles. The Morgan fingerprint density at radius 3 is 2.27 bits per heavy atom. The van der Waals surface area contributed by atoms with Gasteiger partial charge in [0.05, 0.1) is 0 Å². The molecule has 1 spiro atoms. The number of hydrogen-bond acceptors (Lipinski definition) is 4. The van der Waals surface area contributed by atoms with E-state index in [2.05, 4.69) is 6.92 Å². The van der Waals surface area contributed by atoms with Crippen LogP contribution in [0.4, 0.5) is 0 Å². The predicted molar refractivity (Wildman–Crippen MR) is 81.6 cm³/mol. The quantitative estimate of drug-likeness (QED) is 0.789. The van der Waals surface area contributed by atoms with Gasteiger partial charge in [0.1, 0.15) is 0 Å². The van der Waals surface area contributed by atoms with Gasteiger partial charge in [-0.15, -0.1) is 0 Å². The van der Waals surface area contributed by atoms with Crippen LogP contribution in [0.3, 0.4) is 0 Å². The van der Waals surface area contributed by atoms with Gasteiger partial charge in [-0.3, -0.25) is 0 Å². The van der Waals surface area contributed by atoms with E-state index < -0.39 is 11.6 Å². The van der Waals surface area contributed by atoms with Crippen molar-refractivity contribution in [1.82, 2.24) is 0 Å². The normalized spacial score (nSPS) is 52.1. The van der Waals surface area contributed by atoms with Crippen LogP contribution in [0.5, 0.6) is 0 Å². The number of rotatable bonds is 2. The highest BCUT2D eigenvalue weighted by Crippen LogP contribution is 2.52. The monoisotopic (exact) mass is 310 g/mol. The van der Waals surface area contributed by atoms with E-state index in [1.165, 1.54) is 38.5 Å². The Balaban J connectivity index is 1.42. The van der Waals surface area contributed by atoms with Gasteiger partial charge in [0.15, 0.2) is 0 Å². The van der Waals surface area contributed by atoms with Crippen molar-refractivity contribution in [2.75, 3.05) is 6.61 Å². The molecule has 0 amide bonds. The van der Waals surface area contributed by atoms with Gasteiger partial charge in [-0.05, 0) is 56.8 Å². The van der Waals surface area contributed by atoms with Crippen molar-refractivity contribution in [3.05, 3.63) is 0 Å². The molecule has 1 saturated heterocycles. The van der Waals surface area contributed by atoms with Gasteiger partial charge < -0.3 is 9.84 Å². The maximum Gasteiger partial charge on any atom is 0.204 e. The van der Waals surface area contributed by atoms with Crippen LogP contribution in [-0.2, 0) is 14.5 Å². The Morgan fingerprint density at radius 1 is 0.955 bits per heavy atom. The molecule has 4 fully saturated rings. The van der Waals surface area contributed by atoms with Crippen LogP contribution in [0, 0.1) is 23.7 Å². The zero-order valence-electron chi connectivity index (χ0n) is 13.8. The second-order valence-corrected chi connectivity index (χ2v) is 8.39. The standard InChI is InChI=1S/C18H30O4/c1-17(16-10-14-3-2-4-15(9-14)11-16)20-18(22-21-17)7-5-13(12-19)6-8-18/h13-16,19H,2-12H2,1H3/t13?,14?,15?,16?,17-,18?/m0/s1. The Hall–Kier alpha value is -0.160. The van der Waals surface area contributed by atoms with E-state index in [9.17, 15) is 5.11 Å². The Morgan fingerprint density at radius 2 is 1.64 bits per heavy atom. The molecule has 1 N–H and O–H groups in total. The second kappa shape index (κ2) is 5.73. The first-order valence-corrected chi connectivity index (χ1v) is 9.29. The van der Waals surface area contributed by atoms with Gasteiger partial charge in [0.2, 0.25) is 11.6 Å². The van der Waals surface area contributed by atoms with Crippen LogP contribution in [0.15, 0.2) is 0 Å². The van der Waals surface area contributed by atoms with Gasteiger partial charge in [0.25, 0.3) is 0 Å². The van der Waals surface area contributed by atoms with Crippen LogP contribution in [0.1, 0.15) is 71.1 Å². The van der Waals surface area contributed by atoms with Crippen molar-refractivity contribution in [1.29, 1.82) is 0 Å². The summed E-state index contributed by atoms with van der Waals surface area (Å²) in [4.78, 5) is 11.6. The summed E-state index contributed by atoms with van der Waals surface area (Å²) in [6.45, 7) is 2.37. The zero-order chi connectivity index (χ0) is 15.2. The number of ether oxygens (including phenoxy) is 1. The molecule has 4 rings (SSSR count). The Bertz CT molecular complexity index is 392. The molecule has 126 valence electrons. The summed E-state index contributed by atoms with van der Waals surface area (Å²) >= 11 is 0. The number of aliphatic hydroxyl groups excluding tert-OH is 1. The molecule has 1 aliphatic heterocycles. The summed E-state index contributed by atoms with van der Waals surface area (Å²) in [5, 5.41) is 9.31. The van der Waals surface area contributed by atoms with E-state index in [1.807, 2.05) is 0 Å². The largest absolute Gasteiger partial charge is 0.396 e. The SMILES string of the molecule is C[C@@]1(C2CC3CCCC(C3)C2)OOC2(CCC(CO)CC2)O1. The van der Waals surface area contributed by atoms with E-state index in [1.54, 1.807) is 0 Å². The van der Waals surface area contributed by atoms with Crippen LogP contribution >= 0.6 is 0 Å². The molecule has 3 aliphatic carbocycles. The van der Waals surface area contributed by atoms with Crippen molar-refractivity contribution in [2.24, 2.45) is 23.7 Å². The summed E-state index contributed by atoms with van der Waals surface area (Å²) in [5.74, 6) is 1.48. The third-order valence-electron chi connectivity index (χ3n) is 6.74. The molecular weight excluding hydrogens is 280 g/mol. The summed E-state index contributed by atoms with van der Waals surface area (Å²) in [6.07, 6.45) is 11.6. The van der Waals surface area contributed by atoms with Gasteiger partial charge in [-0.2, -0.15) is 9.78 Å². The zero-order valence-corrected chi connectivity index (χ0v) is 13.8. The molecule has 3 atom stereocenters. The van der Waals surface area contributed by atoms with Crippen LogP contribution < -0.4 is 0 Å². The molecule has 4 heteroatoms. The van der Waals surface area contributed by atoms with E-state index in [0.29, 0.717) is 11.8 Å². The topological polar surface area (TPSA) is 47.9 Å². The van der Waals surface area contributed by atoms with E-state index >= 15 is 0 Å². The molecule has 1 heterocycles. The van der Waals surface area contributed by atoms with Gasteiger partial charge in [-0.1, -0.05) is 19.3 Å². The molecule has 0 aromatic carbocycles. The summed E-state index contributed by atoms with van der Waals surface area (Å²) in [5.41, 5.74) is 0. The number of fused-ring (bicyclic) bond motifs is 2. The van der Waals surface area contributed by atoms with Gasteiger partial charge in [-0.25, -0.2) is 0 Å². The lowest BCUT2D eigenvalue weighted by Gasteiger charge is -2.44. The fraction of sp³-hybridized carbons (Fsp3) is 1.00. The summed E-state index contributed by atoms with van der Waals surface area (Å²) < 4.78 is 6.45. The molecule has 2 unspecified atom stereocenters. The highest BCUT2D eigenvalue weighted by atomic mass is 17.3. The van der Waals surface area contributed by atoms with Crippen molar-refractivity contribution in [3.8, 4) is 0 Å². The van der Waals surface area contributed by atoms with E-state index in [0.717, 1.165) is 37.5 Å². The Labute approximate surface area is 133 Å². The number of hydrogen-bond donors (Lipinski definition) is 1. The fourth-order valence-electron chi connectivity index (χ4n) is 5.36. The number of aliphatic hydroxyl groups is 1. The molecule has 0 aromatic rings. The van der Waals surface area contributed by atoms with E-state index in [-0.39, 0.29) is 6.61 Å². The van der Waals surface area contributed by atoms with Crippen molar-refractivity contribution in [3.63, 3.8) is 0 Å². The van der Waals surface area contributed by atoms with Crippen molar-refractivity contribution >= 4 is 0 Å². The lowest BCUT2D eigenvalue weighted by Crippen LogP contribution is -2.45. The summed E-state index contributed by atoms with van der Waals surface area (Å²) in [6, 6.07) is 0. The van der Waals surface area contributed by atoms with Crippen molar-refractivity contribution in [2.45, 2.75) is 82.7 Å². The third kappa shape index (κ3) is 2.72.